The smallest absolute Gasteiger partial charge is 0.270 e. The SMILES string of the molecule is O=C(NCC1(c2ccccc2)CC1)c1cc([N+](=O)[O-])ccc1N1CCCC1. The standard InChI is InChI=1S/C21H23N3O3/c25-20(22-15-21(10-11-21)16-6-2-1-3-7-16)18-14-17(24(26)27)8-9-19(18)23-12-4-5-13-23/h1-3,6-9,14H,4-5,10-13,15H2,(H,22,25). The van der Waals surface area contributed by atoms with Crippen molar-refractivity contribution in [1.29, 1.82) is 0 Å². The number of rotatable bonds is 6. The van der Waals surface area contributed by atoms with Crippen molar-refractivity contribution in [3.05, 3.63) is 69.8 Å². The van der Waals surface area contributed by atoms with E-state index in [0.717, 1.165) is 44.5 Å². The minimum absolute atomic E-state index is 0.00540. The molecular formula is C21H23N3O3. The molecule has 6 nitrogen and oxygen atoms in total. The average Bonchev–Trinajstić information content (AvgIpc) is 3.30. The molecular weight excluding hydrogens is 342 g/mol. The molecule has 2 aromatic carbocycles. The van der Waals surface area contributed by atoms with E-state index in [0.29, 0.717) is 12.1 Å². The summed E-state index contributed by atoms with van der Waals surface area (Å²) in [5.74, 6) is -0.234. The molecule has 4 rings (SSSR count). The Bertz CT molecular complexity index is 856. The maximum atomic E-state index is 12.9. The second-order valence-corrected chi connectivity index (χ2v) is 7.48. The third-order valence-electron chi connectivity index (χ3n) is 5.71. The number of carbonyl (C=O) groups is 1. The Morgan fingerprint density at radius 1 is 1.11 bits per heavy atom. The van der Waals surface area contributed by atoms with Gasteiger partial charge in [-0.15, -0.1) is 0 Å². The van der Waals surface area contributed by atoms with Crippen LogP contribution in [0.4, 0.5) is 11.4 Å². The van der Waals surface area contributed by atoms with Crippen LogP contribution in [-0.4, -0.2) is 30.5 Å². The van der Waals surface area contributed by atoms with E-state index >= 15 is 0 Å². The Labute approximate surface area is 158 Å². The number of nitrogens with one attached hydrogen (secondary N) is 1. The minimum Gasteiger partial charge on any atom is -0.371 e. The molecule has 2 aromatic rings. The van der Waals surface area contributed by atoms with Gasteiger partial charge < -0.3 is 10.2 Å². The van der Waals surface area contributed by atoms with Gasteiger partial charge in [-0.05, 0) is 37.3 Å². The summed E-state index contributed by atoms with van der Waals surface area (Å²) >= 11 is 0. The van der Waals surface area contributed by atoms with E-state index in [1.165, 1.54) is 17.7 Å². The van der Waals surface area contributed by atoms with Gasteiger partial charge >= 0.3 is 0 Å². The molecule has 1 amide bonds. The molecule has 1 heterocycles. The Morgan fingerprint density at radius 2 is 1.81 bits per heavy atom. The van der Waals surface area contributed by atoms with Crippen molar-refractivity contribution in [2.75, 3.05) is 24.5 Å². The molecule has 2 fully saturated rings. The van der Waals surface area contributed by atoms with Crippen LogP contribution in [0, 0.1) is 10.1 Å². The largest absolute Gasteiger partial charge is 0.371 e. The lowest BCUT2D eigenvalue weighted by molar-refractivity contribution is -0.384. The van der Waals surface area contributed by atoms with Crippen LogP contribution in [0.15, 0.2) is 48.5 Å². The third-order valence-corrected chi connectivity index (χ3v) is 5.71. The number of nitro benzene ring substituents is 1. The fourth-order valence-corrected chi connectivity index (χ4v) is 3.91. The zero-order valence-corrected chi connectivity index (χ0v) is 15.2. The van der Waals surface area contributed by atoms with E-state index in [2.05, 4.69) is 22.3 Å². The molecule has 1 saturated heterocycles. The summed E-state index contributed by atoms with van der Waals surface area (Å²) in [4.78, 5) is 25.8. The molecule has 0 spiro atoms. The molecule has 0 atom stereocenters. The predicted molar refractivity (Wildman–Crippen MR) is 104 cm³/mol. The van der Waals surface area contributed by atoms with Crippen LogP contribution < -0.4 is 10.2 Å². The van der Waals surface area contributed by atoms with Gasteiger partial charge in [0.25, 0.3) is 11.6 Å². The quantitative estimate of drug-likeness (QED) is 0.626. The van der Waals surface area contributed by atoms with Crippen molar-refractivity contribution in [3.63, 3.8) is 0 Å². The number of anilines is 1. The molecule has 0 unspecified atom stereocenters. The van der Waals surface area contributed by atoms with Gasteiger partial charge in [-0.2, -0.15) is 0 Å². The summed E-state index contributed by atoms with van der Waals surface area (Å²) in [5.41, 5.74) is 2.39. The van der Waals surface area contributed by atoms with Crippen molar-refractivity contribution < 1.29 is 9.72 Å². The number of hydrogen-bond donors (Lipinski definition) is 1. The second-order valence-electron chi connectivity index (χ2n) is 7.48. The van der Waals surface area contributed by atoms with Crippen LogP contribution in [0.3, 0.4) is 0 Å². The monoisotopic (exact) mass is 365 g/mol. The van der Waals surface area contributed by atoms with Crippen molar-refractivity contribution in [1.82, 2.24) is 5.32 Å². The van der Waals surface area contributed by atoms with Crippen LogP contribution in [0.1, 0.15) is 41.6 Å². The van der Waals surface area contributed by atoms with Crippen molar-refractivity contribution >= 4 is 17.3 Å². The van der Waals surface area contributed by atoms with E-state index in [-0.39, 0.29) is 17.0 Å². The molecule has 27 heavy (non-hydrogen) atoms. The van der Waals surface area contributed by atoms with Gasteiger partial charge in [0.15, 0.2) is 0 Å². The van der Waals surface area contributed by atoms with Gasteiger partial charge in [0, 0.05) is 37.2 Å². The molecule has 140 valence electrons. The van der Waals surface area contributed by atoms with Crippen LogP contribution in [0.25, 0.3) is 0 Å². The van der Waals surface area contributed by atoms with Gasteiger partial charge in [-0.3, -0.25) is 14.9 Å². The molecule has 1 aliphatic carbocycles. The number of amides is 1. The number of benzene rings is 2. The molecule has 1 saturated carbocycles. The highest BCUT2D eigenvalue weighted by molar-refractivity contribution is 6.00. The van der Waals surface area contributed by atoms with Crippen LogP contribution in [-0.2, 0) is 5.41 Å². The van der Waals surface area contributed by atoms with Gasteiger partial charge in [-0.1, -0.05) is 30.3 Å². The summed E-state index contributed by atoms with van der Waals surface area (Å²) in [6.07, 6.45) is 4.25. The topological polar surface area (TPSA) is 75.5 Å². The number of nitrogens with zero attached hydrogens (tertiary/aromatic N) is 2. The summed E-state index contributed by atoms with van der Waals surface area (Å²) in [6.45, 7) is 2.32. The van der Waals surface area contributed by atoms with E-state index in [1.54, 1.807) is 6.07 Å². The van der Waals surface area contributed by atoms with Gasteiger partial charge in [0.05, 0.1) is 16.2 Å². The highest BCUT2D eigenvalue weighted by Crippen LogP contribution is 2.47. The highest BCUT2D eigenvalue weighted by Gasteiger charge is 2.44. The first kappa shape index (κ1) is 17.5. The van der Waals surface area contributed by atoms with Crippen molar-refractivity contribution in [2.24, 2.45) is 0 Å². The zero-order valence-electron chi connectivity index (χ0n) is 15.2. The lowest BCUT2D eigenvalue weighted by atomic mass is 9.96. The first-order valence-electron chi connectivity index (χ1n) is 9.46. The number of hydrogen-bond acceptors (Lipinski definition) is 4. The Kier molecular flexibility index (Phi) is 4.56. The van der Waals surface area contributed by atoms with E-state index in [1.807, 2.05) is 18.2 Å². The second kappa shape index (κ2) is 7.02. The van der Waals surface area contributed by atoms with Gasteiger partial charge in [-0.25, -0.2) is 0 Å². The molecule has 6 heteroatoms. The summed E-state index contributed by atoms with van der Waals surface area (Å²) < 4.78 is 0. The third kappa shape index (κ3) is 3.52. The fourth-order valence-electron chi connectivity index (χ4n) is 3.91. The Hall–Kier alpha value is -2.89. The van der Waals surface area contributed by atoms with Gasteiger partial charge in [0.1, 0.15) is 0 Å². The van der Waals surface area contributed by atoms with Crippen LogP contribution in [0.5, 0.6) is 0 Å². The first-order chi connectivity index (χ1) is 13.1. The Balaban J connectivity index is 1.55. The van der Waals surface area contributed by atoms with Crippen molar-refractivity contribution in [2.45, 2.75) is 31.1 Å². The maximum absolute atomic E-state index is 12.9. The summed E-state index contributed by atoms with van der Waals surface area (Å²) in [6, 6.07) is 14.8. The van der Waals surface area contributed by atoms with E-state index in [9.17, 15) is 14.9 Å². The average molecular weight is 365 g/mol. The highest BCUT2D eigenvalue weighted by atomic mass is 16.6. The predicted octanol–water partition coefficient (Wildman–Crippen LogP) is 3.66. The minimum atomic E-state index is -0.448. The number of nitro groups is 1. The molecule has 0 aromatic heterocycles. The lowest BCUT2D eigenvalue weighted by Gasteiger charge is -2.22. The lowest BCUT2D eigenvalue weighted by Crippen LogP contribution is -2.33. The molecule has 0 radical (unpaired) electrons. The van der Waals surface area contributed by atoms with Crippen LogP contribution >= 0.6 is 0 Å². The first-order valence-corrected chi connectivity index (χ1v) is 9.46. The van der Waals surface area contributed by atoms with Crippen molar-refractivity contribution in [3.8, 4) is 0 Å². The van der Waals surface area contributed by atoms with Gasteiger partial charge in [0.2, 0.25) is 0 Å². The van der Waals surface area contributed by atoms with E-state index in [4.69, 9.17) is 0 Å². The summed E-state index contributed by atoms with van der Waals surface area (Å²) in [7, 11) is 0. The molecule has 2 aliphatic rings. The molecule has 1 aliphatic heterocycles. The number of carbonyl (C=O) groups excluding carboxylic acids is 1. The number of non-ortho nitro benzene ring substituents is 1. The normalized spacial score (nSPS) is 17.6. The fraction of sp³-hybridized carbons (Fsp3) is 0.381. The molecule has 0 bridgehead atoms. The zero-order chi connectivity index (χ0) is 18.9. The van der Waals surface area contributed by atoms with E-state index < -0.39 is 4.92 Å². The Morgan fingerprint density at radius 3 is 2.44 bits per heavy atom. The molecule has 1 N–H and O–H groups in total. The van der Waals surface area contributed by atoms with Crippen LogP contribution in [0.2, 0.25) is 0 Å². The maximum Gasteiger partial charge on any atom is 0.270 e. The summed E-state index contributed by atoms with van der Waals surface area (Å²) in [5, 5.41) is 14.2.